The molecule has 2 aromatic carbocycles. The van der Waals surface area contributed by atoms with Crippen LogP contribution in [0.4, 0.5) is 24.5 Å². The van der Waals surface area contributed by atoms with Crippen molar-refractivity contribution in [3.8, 4) is 0 Å². The number of hydrogen-bond donors (Lipinski definition) is 0. The number of aromatic nitrogens is 1. The van der Waals surface area contributed by atoms with Crippen LogP contribution >= 0.6 is 0 Å². The topological polar surface area (TPSA) is 57.8 Å². The molecule has 10 heteroatoms. The number of anilines is 1. The van der Waals surface area contributed by atoms with E-state index in [1.165, 1.54) is 18.2 Å². The fourth-order valence-electron chi connectivity index (χ4n) is 5.41. The minimum absolute atomic E-state index is 0.0881. The zero-order valence-electron chi connectivity index (χ0n) is 20.3. The minimum atomic E-state index is -4.35. The SMILES string of the molecule is Cn1cc(CN2CCN(Cc3ccc(C(F)(F)F)cc3N3CCCC3)CC2)c2cc([N+](=O)[O-])ccc21. The Kier molecular flexibility index (Phi) is 6.65. The molecule has 7 nitrogen and oxygen atoms in total. The molecule has 2 fully saturated rings. The number of non-ortho nitro benzene ring substituents is 1. The second-order valence-electron chi connectivity index (χ2n) is 9.81. The summed E-state index contributed by atoms with van der Waals surface area (Å²) in [6.45, 7) is 6.19. The molecule has 0 bridgehead atoms. The maximum Gasteiger partial charge on any atom is 0.416 e. The molecule has 2 saturated heterocycles. The molecule has 0 saturated carbocycles. The van der Waals surface area contributed by atoms with E-state index < -0.39 is 11.7 Å². The smallest absolute Gasteiger partial charge is 0.371 e. The largest absolute Gasteiger partial charge is 0.416 e. The first-order valence-corrected chi connectivity index (χ1v) is 12.3. The normalized spacial score (nSPS) is 17.8. The molecule has 5 rings (SSSR count). The number of aryl methyl sites for hydroxylation is 1. The van der Waals surface area contributed by atoms with E-state index in [0.717, 1.165) is 74.1 Å². The van der Waals surface area contributed by atoms with Gasteiger partial charge in [-0.1, -0.05) is 6.07 Å². The van der Waals surface area contributed by atoms with Gasteiger partial charge in [0.1, 0.15) is 0 Å². The lowest BCUT2D eigenvalue weighted by atomic mass is 10.1. The van der Waals surface area contributed by atoms with Gasteiger partial charge in [0.05, 0.1) is 10.5 Å². The maximum absolute atomic E-state index is 13.4. The van der Waals surface area contributed by atoms with E-state index in [9.17, 15) is 23.3 Å². The van der Waals surface area contributed by atoms with Crippen LogP contribution in [0.25, 0.3) is 10.9 Å². The summed E-state index contributed by atoms with van der Waals surface area (Å²) in [5, 5.41) is 12.1. The molecular weight excluding hydrogens is 471 g/mol. The molecule has 192 valence electrons. The van der Waals surface area contributed by atoms with Crippen molar-refractivity contribution in [1.29, 1.82) is 0 Å². The molecule has 0 spiro atoms. The van der Waals surface area contributed by atoms with Crippen molar-refractivity contribution in [3.63, 3.8) is 0 Å². The number of alkyl halides is 3. The molecule has 0 atom stereocenters. The van der Waals surface area contributed by atoms with Crippen molar-refractivity contribution in [1.82, 2.24) is 14.4 Å². The van der Waals surface area contributed by atoms with Gasteiger partial charge in [-0.2, -0.15) is 13.2 Å². The lowest BCUT2D eigenvalue weighted by Gasteiger charge is -2.35. The molecule has 3 heterocycles. The van der Waals surface area contributed by atoms with E-state index in [-0.39, 0.29) is 10.6 Å². The van der Waals surface area contributed by atoms with Gasteiger partial charge in [0.15, 0.2) is 0 Å². The monoisotopic (exact) mass is 501 g/mol. The van der Waals surface area contributed by atoms with Crippen molar-refractivity contribution >= 4 is 22.3 Å². The highest BCUT2D eigenvalue weighted by atomic mass is 19.4. The summed E-state index contributed by atoms with van der Waals surface area (Å²) in [6, 6.07) is 9.12. The molecule has 1 aromatic heterocycles. The summed E-state index contributed by atoms with van der Waals surface area (Å²) in [5.41, 5.74) is 3.18. The predicted molar refractivity (Wildman–Crippen MR) is 133 cm³/mol. The van der Waals surface area contributed by atoms with E-state index in [2.05, 4.69) is 14.7 Å². The lowest BCUT2D eigenvalue weighted by molar-refractivity contribution is -0.384. The first-order valence-electron chi connectivity index (χ1n) is 12.3. The van der Waals surface area contributed by atoms with Gasteiger partial charge in [-0.3, -0.25) is 19.9 Å². The van der Waals surface area contributed by atoms with Crippen LogP contribution in [0.1, 0.15) is 29.5 Å². The Hall–Kier alpha value is -3.11. The molecule has 36 heavy (non-hydrogen) atoms. The average Bonchev–Trinajstić information content (AvgIpc) is 3.48. The number of nitro benzene ring substituents is 1. The number of rotatable bonds is 6. The fourth-order valence-corrected chi connectivity index (χ4v) is 5.41. The average molecular weight is 502 g/mol. The standard InChI is InChI=1S/C26H30F3N5O2/c1-30-16-20(23-15-22(34(35)36)6-7-24(23)30)18-32-12-10-31(11-13-32)17-19-4-5-21(26(27,28)29)14-25(19)33-8-2-3-9-33/h4-7,14-16H,2-3,8-13,17-18H2,1H3. The first-order chi connectivity index (χ1) is 17.2. The van der Waals surface area contributed by atoms with Crippen molar-refractivity contribution < 1.29 is 18.1 Å². The van der Waals surface area contributed by atoms with Gasteiger partial charge in [0, 0.05) is 94.3 Å². The Labute approximate surface area is 207 Å². The zero-order chi connectivity index (χ0) is 25.4. The lowest BCUT2D eigenvalue weighted by Crippen LogP contribution is -2.45. The minimum Gasteiger partial charge on any atom is -0.371 e. The number of piperazine rings is 1. The molecule has 0 radical (unpaired) electrons. The Balaban J connectivity index is 1.26. The highest BCUT2D eigenvalue weighted by Gasteiger charge is 2.32. The Morgan fingerprint density at radius 2 is 1.53 bits per heavy atom. The van der Waals surface area contributed by atoms with Gasteiger partial charge >= 0.3 is 6.18 Å². The van der Waals surface area contributed by atoms with Gasteiger partial charge in [0.25, 0.3) is 5.69 Å². The number of fused-ring (bicyclic) bond motifs is 1. The summed E-state index contributed by atoms with van der Waals surface area (Å²) in [6.07, 6.45) is -0.302. The molecule has 0 N–H and O–H groups in total. The Morgan fingerprint density at radius 1 is 0.889 bits per heavy atom. The molecular formula is C26H30F3N5O2. The predicted octanol–water partition coefficient (Wildman–Crippen LogP) is 5.02. The van der Waals surface area contributed by atoms with Crippen LogP contribution in [0.15, 0.2) is 42.6 Å². The first kappa shape index (κ1) is 24.6. The zero-order valence-corrected chi connectivity index (χ0v) is 20.3. The van der Waals surface area contributed by atoms with E-state index >= 15 is 0 Å². The Bertz CT molecular complexity index is 1260. The molecule has 3 aromatic rings. The van der Waals surface area contributed by atoms with Gasteiger partial charge in [-0.25, -0.2) is 0 Å². The highest BCUT2D eigenvalue weighted by molar-refractivity contribution is 5.86. The second-order valence-corrected chi connectivity index (χ2v) is 9.81. The highest BCUT2D eigenvalue weighted by Crippen LogP contribution is 2.35. The molecule has 2 aliphatic heterocycles. The van der Waals surface area contributed by atoms with E-state index in [4.69, 9.17) is 0 Å². The van der Waals surface area contributed by atoms with Crippen LogP contribution in [-0.4, -0.2) is 58.6 Å². The van der Waals surface area contributed by atoms with Crippen LogP contribution in [-0.2, 0) is 26.3 Å². The molecule has 0 aliphatic carbocycles. The second kappa shape index (κ2) is 9.74. The summed E-state index contributed by atoms with van der Waals surface area (Å²) in [5.74, 6) is 0. The van der Waals surface area contributed by atoms with Gasteiger partial charge in [0.2, 0.25) is 0 Å². The van der Waals surface area contributed by atoms with Gasteiger partial charge in [-0.15, -0.1) is 0 Å². The number of benzene rings is 2. The van der Waals surface area contributed by atoms with Crippen molar-refractivity contribution in [2.45, 2.75) is 32.1 Å². The maximum atomic E-state index is 13.4. The van der Waals surface area contributed by atoms with Crippen LogP contribution in [0.3, 0.4) is 0 Å². The molecule has 0 amide bonds. The summed E-state index contributed by atoms with van der Waals surface area (Å²) in [7, 11) is 1.94. The summed E-state index contributed by atoms with van der Waals surface area (Å²) >= 11 is 0. The van der Waals surface area contributed by atoms with E-state index in [1.807, 2.05) is 17.8 Å². The van der Waals surface area contributed by atoms with Crippen molar-refractivity contribution in [2.24, 2.45) is 7.05 Å². The van der Waals surface area contributed by atoms with Crippen LogP contribution < -0.4 is 4.90 Å². The fraction of sp³-hybridized carbons (Fsp3) is 0.462. The number of hydrogen-bond acceptors (Lipinski definition) is 5. The van der Waals surface area contributed by atoms with Crippen LogP contribution in [0.2, 0.25) is 0 Å². The third kappa shape index (κ3) is 5.05. The van der Waals surface area contributed by atoms with Crippen LogP contribution in [0.5, 0.6) is 0 Å². The van der Waals surface area contributed by atoms with E-state index in [1.54, 1.807) is 18.2 Å². The third-order valence-corrected chi connectivity index (χ3v) is 7.38. The van der Waals surface area contributed by atoms with Gasteiger partial charge < -0.3 is 9.47 Å². The van der Waals surface area contributed by atoms with Crippen molar-refractivity contribution in [2.75, 3.05) is 44.2 Å². The molecule has 0 unspecified atom stereocenters. The van der Waals surface area contributed by atoms with Crippen LogP contribution in [0, 0.1) is 10.1 Å². The van der Waals surface area contributed by atoms with E-state index in [0.29, 0.717) is 18.8 Å². The summed E-state index contributed by atoms with van der Waals surface area (Å²) < 4.78 is 42.1. The number of nitro groups is 1. The number of nitrogens with zero attached hydrogens (tertiary/aromatic N) is 5. The summed E-state index contributed by atoms with van der Waals surface area (Å²) in [4.78, 5) is 17.6. The third-order valence-electron chi connectivity index (χ3n) is 7.38. The Morgan fingerprint density at radius 3 is 2.14 bits per heavy atom. The van der Waals surface area contributed by atoms with Gasteiger partial charge in [-0.05, 0) is 42.2 Å². The van der Waals surface area contributed by atoms with Crippen molar-refractivity contribution in [3.05, 3.63) is 69.4 Å². The quantitative estimate of drug-likeness (QED) is 0.351. The number of halogens is 3. The molecule has 2 aliphatic rings.